The van der Waals surface area contributed by atoms with E-state index in [9.17, 15) is 9.18 Å². The van der Waals surface area contributed by atoms with Crippen molar-refractivity contribution in [2.45, 2.75) is 95.8 Å². The summed E-state index contributed by atoms with van der Waals surface area (Å²) in [4.78, 5) is 12.6. The molecule has 0 heterocycles. The molecule has 2 saturated carbocycles. The number of esters is 1. The number of ether oxygens (including phenoxy) is 1. The quantitative estimate of drug-likeness (QED) is 0.212. The first-order valence-electron chi connectivity index (χ1n) is 13.3. The number of carbonyl (C=O) groups excluding carboxylic acids is 1. The Morgan fingerprint density at radius 3 is 2.03 bits per heavy atom. The average molecular weight is 485 g/mol. The molecule has 2 aliphatic rings. The summed E-state index contributed by atoms with van der Waals surface area (Å²) in [7, 11) is 0. The van der Waals surface area contributed by atoms with Crippen molar-refractivity contribution in [2.24, 2.45) is 11.8 Å². The monoisotopic (exact) mass is 484 g/mol. The molecule has 0 N–H and O–H groups in total. The highest BCUT2D eigenvalue weighted by atomic mass is 35.5. The van der Waals surface area contributed by atoms with Gasteiger partial charge in [-0.15, -0.1) is 0 Å². The van der Waals surface area contributed by atoms with Crippen LogP contribution in [0.1, 0.15) is 107 Å². The fourth-order valence-corrected chi connectivity index (χ4v) is 6.08. The number of hydrogen-bond donors (Lipinski definition) is 0. The maximum absolute atomic E-state index is 13.3. The standard InChI is InChI=1S/C30H38ClFO2/c1-2-3-4-5-21-6-8-22(9-7-21)23-10-12-24(13-11-23)25-14-16-26(17-15-25)30(33)34-27-18-19-29(32)28(31)20-27/h10-13,18-22,25-26H,2-9,14-17H2,1H3/t21-,22-,25-,26-. The highest BCUT2D eigenvalue weighted by Crippen LogP contribution is 2.40. The van der Waals surface area contributed by atoms with Crippen molar-refractivity contribution in [2.75, 3.05) is 0 Å². The molecule has 0 saturated heterocycles. The van der Waals surface area contributed by atoms with Gasteiger partial charge in [-0.05, 0) is 92.4 Å². The Hall–Kier alpha value is -1.87. The van der Waals surface area contributed by atoms with Crippen LogP contribution in [-0.4, -0.2) is 5.97 Å². The fraction of sp³-hybridized carbons (Fsp3) is 0.567. The Kier molecular flexibility index (Phi) is 9.05. The van der Waals surface area contributed by atoms with Crippen molar-refractivity contribution in [1.82, 2.24) is 0 Å². The van der Waals surface area contributed by atoms with Gasteiger partial charge in [-0.2, -0.15) is 0 Å². The second-order valence-electron chi connectivity index (χ2n) is 10.4. The zero-order valence-corrected chi connectivity index (χ0v) is 21.2. The van der Waals surface area contributed by atoms with Crippen molar-refractivity contribution < 1.29 is 13.9 Å². The molecule has 0 aromatic heterocycles. The van der Waals surface area contributed by atoms with Gasteiger partial charge in [0.2, 0.25) is 0 Å². The van der Waals surface area contributed by atoms with Gasteiger partial charge in [-0.25, -0.2) is 4.39 Å². The van der Waals surface area contributed by atoms with Gasteiger partial charge >= 0.3 is 5.97 Å². The molecule has 2 aromatic rings. The van der Waals surface area contributed by atoms with Crippen LogP contribution in [0.5, 0.6) is 5.75 Å². The highest BCUT2D eigenvalue weighted by Gasteiger charge is 2.29. The van der Waals surface area contributed by atoms with Crippen LogP contribution in [-0.2, 0) is 4.79 Å². The normalized spacial score (nSPS) is 25.1. The lowest BCUT2D eigenvalue weighted by Gasteiger charge is -2.30. The maximum atomic E-state index is 13.3. The zero-order chi connectivity index (χ0) is 23.9. The van der Waals surface area contributed by atoms with E-state index >= 15 is 0 Å². The summed E-state index contributed by atoms with van der Waals surface area (Å²) in [6, 6.07) is 13.4. The minimum absolute atomic E-state index is 0.0301. The molecule has 2 nitrogen and oxygen atoms in total. The summed E-state index contributed by atoms with van der Waals surface area (Å²) in [5.74, 6) is 1.64. The van der Waals surface area contributed by atoms with Gasteiger partial charge in [0, 0.05) is 6.07 Å². The van der Waals surface area contributed by atoms with Crippen molar-refractivity contribution in [3.63, 3.8) is 0 Å². The average Bonchev–Trinajstić information content (AvgIpc) is 2.87. The van der Waals surface area contributed by atoms with Crippen molar-refractivity contribution in [3.05, 3.63) is 64.4 Å². The molecule has 0 aliphatic heterocycles. The van der Waals surface area contributed by atoms with E-state index in [0.29, 0.717) is 11.7 Å². The van der Waals surface area contributed by atoms with Crippen LogP contribution in [0.15, 0.2) is 42.5 Å². The van der Waals surface area contributed by atoms with E-state index in [1.807, 2.05) is 0 Å². The smallest absolute Gasteiger partial charge is 0.314 e. The van der Waals surface area contributed by atoms with Gasteiger partial charge in [-0.1, -0.05) is 68.5 Å². The topological polar surface area (TPSA) is 26.3 Å². The van der Waals surface area contributed by atoms with Crippen molar-refractivity contribution in [3.8, 4) is 5.75 Å². The molecule has 0 spiro atoms. The van der Waals surface area contributed by atoms with E-state index in [0.717, 1.165) is 37.5 Å². The number of halogens is 2. The predicted molar refractivity (Wildman–Crippen MR) is 137 cm³/mol. The summed E-state index contributed by atoms with van der Waals surface area (Å²) in [6.45, 7) is 2.28. The number of unbranched alkanes of at least 4 members (excludes halogenated alkanes) is 2. The summed E-state index contributed by atoms with van der Waals surface area (Å²) in [5, 5.41) is -0.0301. The van der Waals surface area contributed by atoms with Crippen LogP contribution in [0.4, 0.5) is 4.39 Å². The Morgan fingerprint density at radius 2 is 1.47 bits per heavy atom. The minimum Gasteiger partial charge on any atom is -0.426 e. The van der Waals surface area contributed by atoms with Crippen LogP contribution < -0.4 is 4.74 Å². The first-order valence-corrected chi connectivity index (χ1v) is 13.7. The largest absolute Gasteiger partial charge is 0.426 e. The fourth-order valence-electron chi connectivity index (χ4n) is 5.91. The minimum atomic E-state index is -0.511. The van der Waals surface area contributed by atoms with E-state index in [4.69, 9.17) is 16.3 Å². The van der Waals surface area contributed by atoms with Crippen LogP contribution in [0.3, 0.4) is 0 Å². The third kappa shape index (κ3) is 6.62. The van der Waals surface area contributed by atoms with E-state index in [1.165, 1.54) is 80.7 Å². The van der Waals surface area contributed by atoms with Gasteiger partial charge in [0.05, 0.1) is 10.9 Å². The second kappa shape index (κ2) is 12.2. The summed E-state index contributed by atoms with van der Waals surface area (Å²) >= 11 is 5.79. The van der Waals surface area contributed by atoms with E-state index in [2.05, 4.69) is 31.2 Å². The lowest BCUT2D eigenvalue weighted by Crippen LogP contribution is -2.25. The Bertz CT molecular complexity index is 925. The third-order valence-corrected chi connectivity index (χ3v) is 8.40. The number of carbonyl (C=O) groups is 1. The van der Waals surface area contributed by atoms with E-state index in [1.54, 1.807) is 0 Å². The Morgan fingerprint density at radius 1 is 0.882 bits per heavy atom. The van der Waals surface area contributed by atoms with Gasteiger partial charge in [0.25, 0.3) is 0 Å². The number of hydrogen-bond acceptors (Lipinski definition) is 2. The lowest BCUT2D eigenvalue weighted by atomic mass is 9.76. The maximum Gasteiger partial charge on any atom is 0.314 e. The molecule has 0 bridgehead atoms. The van der Waals surface area contributed by atoms with Crippen molar-refractivity contribution in [1.29, 1.82) is 0 Å². The third-order valence-electron chi connectivity index (χ3n) is 8.11. The van der Waals surface area contributed by atoms with Crippen molar-refractivity contribution >= 4 is 17.6 Å². The van der Waals surface area contributed by atoms with Crippen LogP contribution >= 0.6 is 11.6 Å². The first kappa shape index (κ1) is 25.2. The molecule has 34 heavy (non-hydrogen) atoms. The predicted octanol–water partition coefficient (Wildman–Crippen LogP) is 9.21. The van der Waals surface area contributed by atoms with Gasteiger partial charge in [0.15, 0.2) is 0 Å². The van der Waals surface area contributed by atoms with Gasteiger partial charge in [0.1, 0.15) is 11.6 Å². The van der Waals surface area contributed by atoms with Crippen LogP contribution in [0.25, 0.3) is 0 Å². The molecule has 0 amide bonds. The molecule has 2 aromatic carbocycles. The van der Waals surface area contributed by atoms with Gasteiger partial charge < -0.3 is 4.74 Å². The molecule has 0 radical (unpaired) electrons. The molecular formula is C30H38ClFO2. The summed E-state index contributed by atoms with van der Waals surface area (Å²) in [6.07, 6.45) is 14.6. The van der Waals surface area contributed by atoms with E-state index in [-0.39, 0.29) is 16.9 Å². The first-order chi connectivity index (χ1) is 16.5. The number of rotatable bonds is 8. The molecule has 0 unspecified atom stereocenters. The Labute approximate surface area is 209 Å². The highest BCUT2D eigenvalue weighted by molar-refractivity contribution is 6.30. The molecular weight excluding hydrogens is 447 g/mol. The molecule has 2 fully saturated rings. The lowest BCUT2D eigenvalue weighted by molar-refractivity contribution is -0.140. The molecule has 184 valence electrons. The molecule has 4 heteroatoms. The summed E-state index contributed by atoms with van der Waals surface area (Å²) < 4.78 is 18.8. The van der Waals surface area contributed by atoms with Gasteiger partial charge in [-0.3, -0.25) is 4.79 Å². The molecule has 2 aliphatic carbocycles. The van der Waals surface area contributed by atoms with Crippen LogP contribution in [0.2, 0.25) is 5.02 Å². The van der Waals surface area contributed by atoms with E-state index < -0.39 is 5.82 Å². The Balaban J connectivity index is 1.23. The summed E-state index contributed by atoms with van der Waals surface area (Å²) in [5.41, 5.74) is 2.90. The SMILES string of the molecule is CCCCC[C@H]1CC[C@H](c2ccc([C@H]3CC[C@H](C(=O)Oc4ccc(F)c(Cl)c4)CC3)cc2)CC1. The van der Waals surface area contributed by atoms with Crippen LogP contribution in [0, 0.1) is 17.7 Å². The molecule has 0 atom stereocenters. The number of benzene rings is 2. The molecule has 4 rings (SSSR count). The zero-order valence-electron chi connectivity index (χ0n) is 20.4. The second-order valence-corrected chi connectivity index (χ2v) is 10.8.